The Kier molecular flexibility index (Phi) is 8.26. The van der Waals surface area contributed by atoms with E-state index in [9.17, 15) is 34.8 Å². The summed E-state index contributed by atoms with van der Waals surface area (Å²) in [7, 11) is -7.40. The molecule has 4 heterocycles. The Bertz CT molecular complexity index is 1960. The zero-order valence-corrected chi connectivity index (χ0v) is 24.2. The number of rotatable bonds is 8. The van der Waals surface area contributed by atoms with Crippen molar-refractivity contribution in [2.75, 3.05) is 24.7 Å². The Labute approximate surface area is 244 Å². The molecule has 0 amide bonds. The molecule has 3 aromatic heterocycles. The summed E-state index contributed by atoms with van der Waals surface area (Å²) in [5.41, 5.74) is -1.27. The molecule has 1 saturated heterocycles. The van der Waals surface area contributed by atoms with Crippen molar-refractivity contribution in [3.8, 4) is 11.3 Å². The number of sulfonamides is 2. The Morgan fingerprint density at radius 2 is 1.77 bits per heavy atom. The Hall–Kier alpha value is -3.93. The average molecular weight is 638 g/mol. The van der Waals surface area contributed by atoms with Crippen LogP contribution < -0.4 is 16.0 Å². The summed E-state index contributed by atoms with van der Waals surface area (Å²) in [5.74, 6) is -0.597. The highest BCUT2D eigenvalue weighted by Gasteiger charge is 2.26. The van der Waals surface area contributed by atoms with Crippen LogP contribution in [0.4, 0.5) is 19.1 Å². The van der Waals surface area contributed by atoms with Crippen LogP contribution in [0.3, 0.4) is 0 Å². The fourth-order valence-electron chi connectivity index (χ4n) is 4.81. The maximum atomic E-state index is 14.5. The zero-order chi connectivity index (χ0) is 31.1. The number of halogens is 3. The molecule has 0 unspecified atom stereocenters. The fourth-order valence-corrected chi connectivity index (χ4v) is 6.22. The summed E-state index contributed by atoms with van der Waals surface area (Å²) < 4.78 is 91.4. The summed E-state index contributed by atoms with van der Waals surface area (Å²) >= 11 is 0. The van der Waals surface area contributed by atoms with Gasteiger partial charge >= 0.3 is 0 Å². The van der Waals surface area contributed by atoms with E-state index in [1.54, 1.807) is 0 Å². The summed E-state index contributed by atoms with van der Waals surface area (Å²) in [6.45, 7) is 0.406. The zero-order valence-electron chi connectivity index (χ0n) is 22.6. The number of fused-ring (bicyclic) bond motifs is 1. The van der Waals surface area contributed by atoms with Gasteiger partial charge in [0.1, 0.15) is 11.5 Å². The van der Waals surface area contributed by atoms with Gasteiger partial charge in [0.05, 0.1) is 29.0 Å². The lowest BCUT2D eigenvalue weighted by Gasteiger charge is -2.30. The minimum atomic E-state index is -4.09. The normalized spacial score (nSPS) is 15.3. The first kappa shape index (κ1) is 30.5. The molecular weight excluding hydrogens is 611 g/mol. The van der Waals surface area contributed by atoms with E-state index in [4.69, 9.17) is 5.14 Å². The van der Waals surface area contributed by atoms with E-state index in [1.165, 1.54) is 28.8 Å². The number of pyridine rings is 2. The number of hydrogen-bond acceptors (Lipinski definition) is 9. The first-order valence-corrected chi connectivity index (χ1v) is 16.3. The third-order valence-electron chi connectivity index (χ3n) is 7.05. The molecule has 3 N–H and O–H groups in total. The van der Waals surface area contributed by atoms with Gasteiger partial charge in [-0.25, -0.2) is 44.4 Å². The molecule has 4 aromatic rings. The van der Waals surface area contributed by atoms with Gasteiger partial charge in [0.15, 0.2) is 0 Å². The minimum Gasteiger partial charge on any atom is -0.351 e. The van der Waals surface area contributed by atoms with Crippen molar-refractivity contribution < 1.29 is 30.0 Å². The van der Waals surface area contributed by atoms with Crippen LogP contribution in [0.15, 0.2) is 58.5 Å². The second kappa shape index (κ2) is 11.6. The summed E-state index contributed by atoms with van der Waals surface area (Å²) in [6.07, 6.45) is 1.69. The first-order valence-electron chi connectivity index (χ1n) is 12.9. The van der Waals surface area contributed by atoms with Crippen LogP contribution in [0.1, 0.15) is 30.4 Å². The number of nitrogens with one attached hydrogen (secondary N) is 1. The number of aromatic nitrogens is 4. The number of anilines is 1. The predicted octanol–water partition coefficient (Wildman–Crippen LogP) is 2.46. The van der Waals surface area contributed by atoms with Gasteiger partial charge in [-0.05, 0) is 48.7 Å². The molecule has 5 rings (SSSR count). The van der Waals surface area contributed by atoms with Crippen molar-refractivity contribution in [2.45, 2.75) is 36.7 Å². The van der Waals surface area contributed by atoms with Crippen molar-refractivity contribution in [1.29, 1.82) is 0 Å². The third-order valence-corrected chi connectivity index (χ3v) is 9.27. The summed E-state index contributed by atoms with van der Waals surface area (Å²) in [6, 6.07) is 6.81. The van der Waals surface area contributed by atoms with E-state index >= 15 is 0 Å². The smallest absolute Gasteiger partial charge is 0.269 e. The van der Waals surface area contributed by atoms with E-state index < -0.39 is 43.4 Å². The molecule has 0 spiro atoms. The van der Waals surface area contributed by atoms with Crippen LogP contribution in [-0.2, 0) is 26.6 Å². The molecule has 0 atom stereocenters. The summed E-state index contributed by atoms with van der Waals surface area (Å²) in [4.78, 5) is 25.6. The molecular formula is C26H26F3N7O5S2. The number of piperidine rings is 1. The van der Waals surface area contributed by atoms with Crippen molar-refractivity contribution >= 4 is 37.0 Å². The van der Waals surface area contributed by atoms with Crippen LogP contribution in [0.5, 0.6) is 0 Å². The van der Waals surface area contributed by atoms with Crippen LogP contribution in [0.25, 0.3) is 22.3 Å². The van der Waals surface area contributed by atoms with Gasteiger partial charge in [0, 0.05) is 42.5 Å². The number of nitrogens with zero attached hydrogens (tertiary/aromatic N) is 5. The quantitative estimate of drug-likeness (QED) is 0.295. The molecule has 0 saturated carbocycles. The third kappa shape index (κ3) is 6.69. The Morgan fingerprint density at radius 1 is 1.05 bits per heavy atom. The average Bonchev–Trinajstić information content (AvgIpc) is 2.94. The van der Waals surface area contributed by atoms with Gasteiger partial charge in [0.25, 0.3) is 12.0 Å². The first-order chi connectivity index (χ1) is 20.2. The van der Waals surface area contributed by atoms with Crippen molar-refractivity contribution in [1.82, 2.24) is 23.8 Å². The van der Waals surface area contributed by atoms with Crippen molar-refractivity contribution in [2.24, 2.45) is 5.14 Å². The minimum absolute atomic E-state index is 0.0800. The molecule has 12 nitrogen and oxygen atoms in total. The second-order valence-electron chi connectivity index (χ2n) is 10.1. The van der Waals surface area contributed by atoms with E-state index in [0.717, 1.165) is 35.1 Å². The van der Waals surface area contributed by atoms with Gasteiger partial charge < -0.3 is 5.32 Å². The summed E-state index contributed by atoms with van der Waals surface area (Å²) in [5, 5.41) is 8.47. The molecule has 1 aliphatic rings. The largest absolute Gasteiger partial charge is 0.351 e. The van der Waals surface area contributed by atoms with Gasteiger partial charge in [0.2, 0.25) is 26.0 Å². The van der Waals surface area contributed by atoms with Crippen LogP contribution in [0.2, 0.25) is 0 Å². The van der Waals surface area contributed by atoms with Gasteiger partial charge in [-0.1, -0.05) is 6.07 Å². The standard InChI is InChI=1S/C26H26F3N7O5S2/c1-42(38,39)35-8-6-17(7-9-35)33-26-32-13-16-10-20(23(28)29)25(37)36(24(16)34-26)14-15-2-5-22(31-12-15)19-11-18(43(30,40)41)3-4-21(19)27/h2-5,10-13,17,23H,6-9,14H2,1H3,(H2,30,40,41)(H,32,33,34). The monoisotopic (exact) mass is 637 g/mol. The topological polar surface area (TPSA) is 170 Å². The molecule has 0 bridgehead atoms. The number of hydrogen-bond donors (Lipinski definition) is 2. The molecule has 1 aromatic carbocycles. The van der Waals surface area contributed by atoms with Gasteiger partial charge in [-0.2, -0.15) is 4.98 Å². The Balaban J connectivity index is 1.46. The molecule has 17 heteroatoms. The van der Waals surface area contributed by atoms with Gasteiger partial charge in [-0.3, -0.25) is 14.3 Å². The van der Waals surface area contributed by atoms with Crippen molar-refractivity contribution in [3.05, 3.63) is 76.1 Å². The van der Waals surface area contributed by atoms with Gasteiger partial charge in [-0.15, -0.1) is 0 Å². The highest BCUT2D eigenvalue weighted by molar-refractivity contribution is 7.89. The van der Waals surface area contributed by atoms with Crippen LogP contribution in [-0.4, -0.2) is 66.0 Å². The lowest BCUT2D eigenvalue weighted by Crippen LogP contribution is -2.42. The SMILES string of the molecule is CS(=O)(=O)N1CCC(Nc2ncc3cc(C(F)F)c(=O)n(Cc4ccc(-c5cc(S(N)(=O)=O)ccc5F)nc4)c3n2)CC1. The molecule has 0 radical (unpaired) electrons. The van der Waals surface area contributed by atoms with Crippen LogP contribution >= 0.6 is 0 Å². The fraction of sp³-hybridized carbons (Fsp3) is 0.308. The Morgan fingerprint density at radius 3 is 2.37 bits per heavy atom. The lowest BCUT2D eigenvalue weighted by atomic mass is 10.1. The predicted molar refractivity (Wildman–Crippen MR) is 152 cm³/mol. The number of primary sulfonamides is 1. The number of nitrogens with two attached hydrogens (primary N) is 1. The molecule has 0 aliphatic carbocycles. The van der Waals surface area contributed by atoms with Crippen molar-refractivity contribution in [3.63, 3.8) is 0 Å². The van der Waals surface area contributed by atoms with E-state index in [1.807, 2.05) is 0 Å². The maximum Gasteiger partial charge on any atom is 0.269 e. The number of alkyl halides is 2. The highest BCUT2D eigenvalue weighted by atomic mass is 32.2. The van der Waals surface area contributed by atoms with E-state index in [2.05, 4.69) is 20.3 Å². The van der Waals surface area contributed by atoms with E-state index in [0.29, 0.717) is 31.5 Å². The number of benzene rings is 1. The second-order valence-corrected chi connectivity index (χ2v) is 13.6. The lowest BCUT2D eigenvalue weighted by molar-refractivity contribution is 0.149. The maximum absolute atomic E-state index is 14.5. The molecule has 43 heavy (non-hydrogen) atoms. The van der Waals surface area contributed by atoms with E-state index in [-0.39, 0.29) is 45.7 Å². The van der Waals surface area contributed by atoms with Crippen LogP contribution in [0, 0.1) is 5.82 Å². The molecule has 1 fully saturated rings. The molecule has 228 valence electrons. The highest BCUT2D eigenvalue weighted by Crippen LogP contribution is 2.25. The molecule has 1 aliphatic heterocycles.